The number of nitrogens with zero attached hydrogens (tertiary/aromatic N) is 3. The Morgan fingerprint density at radius 1 is 1.29 bits per heavy atom. The van der Waals surface area contributed by atoms with Crippen LogP contribution in [0.1, 0.15) is 30.6 Å². The molecule has 0 aliphatic rings. The number of aromatic nitrogens is 3. The maximum atomic E-state index is 12.6. The van der Waals surface area contributed by atoms with E-state index in [1.807, 2.05) is 13.0 Å². The smallest absolute Gasteiger partial charge is 0.280 e. The lowest BCUT2D eigenvalue weighted by Crippen LogP contribution is -2.17. The minimum absolute atomic E-state index is 0.226. The third-order valence-corrected chi connectivity index (χ3v) is 3.87. The van der Waals surface area contributed by atoms with Crippen molar-refractivity contribution in [2.75, 3.05) is 0 Å². The number of nitrogens with one attached hydrogen (secondary N) is 1. The van der Waals surface area contributed by atoms with Crippen LogP contribution in [0.15, 0.2) is 53.6 Å². The number of hydrogen-bond acceptors (Lipinski definition) is 4. The molecule has 0 radical (unpaired) electrons. The van der Waals surface area contributed by atoms with E-state index in [-0.39, 0.29) is 5.56 Å². The topological polar surface area (TPSA) is 94.7 Å². The molecule has 0 saturated carbocycles. The number of aliphatic hydroxyl groups excluding tert-OH is 1. The van der Waals surface area contributed by atoms with Crippen molar-refractivity contribution in [3.05, 3.63) is 70.3 Å². The third-order valence-electron chi connectivity index (χ3n) is 3.87. The van der Waals surface area contributed by atoms with Gasteiger partial charge in [0.05, 0.1) is 23.3 Å². The number of aromatic amines is 1. The summed E-state index contributed by atoms with van der Waals surface area (Å²) < 4.78 is 1.34. The first-order valence-corrected chi connectivity index (χ1v) is 7.59. The molecule has 3 rings (SSSR count). The summed E-state index contributed by atoms with van der Waals surface area (Å²) in [6, 6.07) is 12.3. The van der Waals surface area contributed by atoms with Crippen LogP contribution in [0.2, 0.25) is 0 Å². The Balaban J connectivity index is 1.95. The molecule has 0 aliphatic carbocycles. The molecule has 0 saturated heterocycles. The van der Waals surface area contributed by atoms with Crippen molar-refractivity contribution in [1.29, 1.82) is 5.26 Å². The van der Waals surface area contributed by atoms with E-state index in [9.17, 15) is 9.90 Å². The van der Waals surface area contributed by atoms with Crippen LogP contribution in [0.25, 0.3) is 16.9 Å². The molecular weight excluding hydrogens is 304 g/mol. The summed E-state index contributed by atoms with van der Waals surface area (Å²) in [6.45, 7) is 1.89. The Morgan fingerprint density at radius 3 is 2.62 bits per heavy atom. The molecule has 0 fully saturated rings. The summed E-state index contributed by atoms with van der Waals surface area (Å²) in [4.78, 5) is 16.8. The van der Waals surface area contributed by atoms with Gasteiger partial charge < -0.3 is 5.11 Å². The molecule has 2 aromatic heterocycles. The lowest BCUT2D eigenvalue weighted by atomic mass is 10.1. The highest BCUT2D eigenvalue weighted by Gasteiger charge is 2.12. The van der Waals surface area contributed by atoms with E-state index in [0.29, 0.717) is 28.9 Å². The molecule has 6 nitrogen and oxygen atoms in total. The number of nitriles is 1. The first-order valence-electron chi connectivity index (χ1n) is 7.59. The summed E-state index contributed by atoms with van der Waals surface area (Å²) in [5.74, 6) is 0.451. The molecule has 6 heteroatoms. The standard InChI is InChI=1S/C18H16N4O2/c1-2-16(23)14-7-8-17(20-10-14)22-18(24)15(11-21-22)13-5-3-12(9-19)4-6-13/h3-8,10-11,16,21,23H,2H2,1H3. The van der Waals surface area contributed by atoms with Crippen LogP contribution in [0.4, 0.5) is 0 Å². The van der Waals surface area contributed by atoms with Crippen molar-refractivity contribution in [1.82, 2.24) is 14.8 Å². The summed E-state index contributed by atoms with van der Waals surface area (Å²) >= 11 is 0. The van der Waals surface area contributed by atoms with E-state index >= 15 is 0 Å². The van der Waals surface area contributed by atoms with Gasteiger partial charge in [0.1, 0.15) is 0 Å². The SMILES string of the molecule is CCC(O)c1ccc(-n2[nH]cc(-c3ccc(C#N)cc3)c2=O)nc1. The lowest BCUT2D eigenvalue weighted by Gasteiger charge is -2.08. The van der Waals surface area contributed by atoms with E-state index in [1.165, 1.54) is 4.68 Å². The minimum Gasteiger partial charge on any atom is -0.388 e. The lowest BCUT2D eigenvalue weighted by molar-refractivity contribution is 0.173. The quantitative estimate of drug-likeness (QED) is 0.772. The summed E-state index contributed by atoms with van der Waals surface area (Å²) in [6.07, 6.45) is 3.23. The number of H-pyrrole nitrogens is 1. The molecule has 0 spiro atoms. The first-order chi connectivity index (χ1) is 11.6. The monoisotopic (exact) mass is 320 g/mol. The van der Waals surface area contributed by atoms with Crippen molar-refractivity contribution < 1.29 is 5.11 Å². The average molecular weight is 320 g/mol. The number of pyridine rings is 1. The third kappa shape index (κ3) is 2.85. The van der Waals surface area contributed by atoms with Gasteiger partial charge in [-0.15, -0.1) is 0 Å². The van der Waals surface area contributed by atoms with Crippen molar-refractivity contribution in [2.45, 2.75) is 19.4 Å². The molecule has 120 valence electrons. The van der Waals surface area contributed by atoms with Gasteiger partial charge in [-0.3, -0.25) is 9.89 Å². The van der Waals surface area contributed by atoms with E-state index in [4.69, 9.17) is 5.26 Å². The van der Waals surface area contributed by atoms with E-state index in [0.717, 1.165) is 5.56 Å². The predicted molar refractivity (Wildman–Crippen MR) is 89.6 cm³/mol. The number of benzene rings is 1. The summed E-state index contributed by atoms with van der Waals surface area (Å²) in [7, 11) is 0. The van der Waals surface area contributed by atoms with E-state index in [2.05, 4.69) is 10.1 Å². The second kappa shape index (κ2) is 6.52. The summed E-state index contributed by atoms with van der Waals surface area (Å²) in [5, 5.41) is 21.5. The van der Waals surface area contributed by atoms with Crippen LogP contribution in [-0.2, 0) is 0 Å². The number of aliphatic hydroxyl groups is 1. The van der Waals surface area contributed by atoms with Crippen LogP contribution in [0, 0.1) is 11.3 Å². The minimum atomic E-state index is -0.555. The van der Waals surface area contributed by atoms with Crippen molar-refractivity contribution in [3.63, 3.8) is 0 Å². The van der Waals surface area contributed by atoms with Crippen LogP contribution < -0.4 is 5.56 Å². The van der Waals surface area contributed by atoms with E-state index < -0.39 is 6.10 Å². The second-order valence-corrected chi connectivity index (χ2v) is 5.39. The fourth-order valence-corrected chi connectivity index (χ4v) is 2.43. The highest BCUT2D eigenvalue weighted by atomic mass is 16.3. The molecule has 2 heterocycles. The Bertz CT molecular complexity index is 931. The fraction of sp³-hybridized carbons (Fsp3) is 0.167. The second-order valence-electron chi connectivity index (χ2n) is 5.39. The van der Waals surface area contributed by atoms with Crippen LogP contribution in [0.5, 0.6) is 0 Å². The Kier molecular flexibility index (Phi) is 4.27. The fourth-order valence-electron chi connectivity index (χ4n) is 2.43. The van der Waals surface area contributed by atoms with Gasteiger partial charge in [-0.05, 0) is 35.7 Å². The van der Waals surface area contributed by atoms with Gasteiger partial charge in [-0.1, -0.05) is 25.1 Å². The van der Waals surface area contributed by atoms with E-state index in [1.54, 1.807) is 48.8 Å². The zero-order valence-electron chi connectivity index (χ0n) is 13.1. The molecule has 3 aromatic rings. The Hall–Kier alpha value is -3.17. The van der Waals surface area contributed by atoms with Crippen molar-refractivity contribution in [3.8, 4) is 23.0 Å². The molecule has 1 unspecified atom stereocenters. The van der Waals surface area contributed by atoms with Crippen LogP contribution >= 0.6 is 0 Å². The molecule has 24 heavy (non-hydrogen) atoms. The van der Waals surface area contributed by atoms with Crippen molar-refractivity contribution in [2.24, 2.45) is 0 Å². The molecular formula is C18H16N4O2. The van der Waals surface area contributed by atoms with Gasteiger partial charge in [0.15, 0.2) is 5.82 Å². The highest BCUT2D eigenvalue weighted by molar-refractivity contribution is 5.63. The van der Waals surface area contributed by atoms with Crippen LogP contribution in [0.3, 0.4) is 0 Å². The molecule has 1 atom stereocenters. The largest absolute Gasteiger partial charge is 0.388 e. The summed E-state index contributed by atoms with van der Waals surface area (Å²) in [5.41, 5.74) is 2.26. The average Bonchev–Trinajstić information content (AvgIpc) is 3.02. The van der Waals surface area contributed by atoms with Gasteiger partial charge in [0.2, 0.25) is 0 Å². The van der Waals surface area contributed by atoms with Crippen LogP contribution in [-0.4, -0.2) is 19.9 Å². The van der Waals surface area contributed by atoms with Gasteiger partial charge >= 0.3 is 0 Å². The molecule has 0 bridgehead atoms. The molecule has 0 aliphatic heterocycles. The molecule has 1 aromatic carbocycles. The normalized spacial score (nSPS) is 11.9. The van der Waals surface area contributed by atoms with Gasteiger partial charge in [0.25, 0.3) is 5.56 Å². The zero-order chi connectivity index (χ0) is 17.1. The molecule has 2 N–H and O–H groups in total. The van der Waals surface area contributed by atoms with Gasteiger partial charge in [-0.25, -0.2) is 9.67 Å². The predicted octanol–water partition coefficient (Wildman–Crippen LogP) is 2.54. The van der Waals surface area contributed by atoms with Gasteiger partial charge in [0, 0.05) is 12.4 Å². The maximum absolute atomic E-state index is 12.6. The number of rotatable bonds is 4. The van der Waals surface area contributed by atoms with Gasteiger partial charge in [-0.2, -0.15) is 5.26 Å². The number of hydrogen-bond donors (Lipinski definition) is 2. The Labute approximate surface area is 138 Å². The molecule has 0 amide bonds. The highest BCUT2D eigenvalue weighted by Crippen LogP contribution is 2.18. The van der Waals surface area contributed by atoms with Crippen molar-refractivity contribution >= 4 is 0 Å². The maximum Gasteiger partial charge on any atom is 0.280 e. The Morgan fingerprint density at radius 2 is 2.04 bits per heavy atom. The zero-order valence-corrected chi connectivity index (χ0v) is 13.1. The first kappa shape index (κ1) is 15.7.